The minimum absolute atomic E-state index is 0.0622. The van der Waals surface area contributed by atoms with E-state index in [-0.39, 0.29) is 23.8 Å². The first-order valence-corrected chi connectivity index (χ1v) is 9.12. The van der Waals surface area contributed by atoms with Crippen LogP contribution in [0.4, 0.5) is 0 Å². The smallest absolute Gasteiger partial charge is 0.251 e. The van der Waals surface area contributed by atoms with Crippen molar-refractivity contribution in [1.29, 1.82) is 0 Å². The highest BCUT2D eigenvalue weighted by Gasteiger charge is 2.31. The fraction of sp³-hybridized carbons (Fsp3) is 0.600. The van der Waals surface area contributed by atoms with Crippen LogP contribution in [-0.4, -0.2) is 48.4 Å². The number of allylic oxidation sites excluding steroid dienone is 4. The molecule has 0 radical (unpaired) electrons. The van der Waals surface area contributed by atoms with E-state index in [2.05, 4.69) is 11.8 Å². The Hall–Kier alpha value is -1.90. The third-order valence-electron chi connectivity index (χ3n) is 5.13. The monoisotopic (exact) mass is 342 g/mol. The Morgan fingerprint density at radius 2 is 2.04 bits per heavy atom. The van der Waals surface area contributed by atoms with Crippen LogP contribution in [0.1, 0.15) is 39.0 Å². The van der Waals surface area contributed by atoms with Gasteiger partial charge in [-0.2, -0.15) is 0 Å². The Balaban J connectivity index is 1.49. The lowest BCUT2D eigenvalue weighted by molar-refractivity contribution is -0.148. The number of hydrogen-bond donors (Lipinski definition) is 1. The lowest BCUT2D eigenvalue weighted by Gasteiger charge is -2.34. The number of hydrogen-bond acceptors (Lipinski definition) is 4. The van der Waals surface area contributed by atoms with E-state index < -0.39 is 0 Å². The van der Waals surface area contributed by atoms with Crippen LogP contribution in [0.25, 0.3) is 0 Å². The molecule has 0 bridgehead atoms. The molecule has 0 saturated carbocycles. The SMILES string of the molecule is CC1=CC(C#CC2CCN(C(=O)C3CCC(N)CO3)CC2)=CCC1=O. The van der Waals surface area contributed by atoms with E-state index in [1.807, 2.05) is 24.0 Å². The maximum atomic E-state index is 12.5. The van der Waals surface area contributed by atoms with Crippen molar-refractivity contribution in [2.45, 2.75) is 51.2 Å². The van der Waals surface area contributed by atoms with Gasteiger partial charge in [-0.25, -0.2) is 0 Å². The summed E-state index contributed by atoms with van der Waals surface area (Å²) in [6.45, 7) is 3.78. The number of carbonyl (C=O) groups is 2. The van der Waals surface area contributed by atoms with Crippen molar-refractivity contribution >= 4 is 11.7 Å². The summed E-state index contributed by atoms with van der Waals surface area (Å²) in [5.74, 6) is 7.08. The molecule has 0 aromatic carbocycles. The minimum atomic E-state index is -0.319. The summed E-state index contributed by atoms with van der Waals surface area (Å²) in [6, 6.07) is 0.0622. The molecule has 0 aromatic rings. The van der Waals surface area contributed by atoms with Crippen LogP contribution in [0.15, 0.2) is 23.3 Å². The number of ether oxygens (including phenoxy) is 1. The molecule has 1 aliphatic carbocycles. The molecule has 2 fully saturated rings. The van der Waals surface area contributed by atoms with Crippen LogP contribution >= 0.6 is 0 Å². The molecule has 25 heavy (non-hydrogen) atoms. The molecule has 0 spiro atoms. The first kappa shape index (κ1) is 17.9. The summed E-state index contributed by atoms with van der Waals surface area (Å²) >= 11 is 0. The molecule has 134 valence electrons. The topological polar surface area (TPSA) is 72.6 Å². The Morgan fingerprint density at radius 3 is 2.68 bits per heavy atom. The van der Waals surface area contributed by atoms with E-state index in [1.54, 1.807) is 0 Å². The van der Waals surface area contributed by atoms with Crippen molar-refractivity contribution in [3.05, 3.63) is 23.3 Å². The first-order valence-electron chi connectivity index (χ1n) is 9.12. The number of rotatable bonds is 1. The zero-order valence-corrected chi connectivity index (χ0v) is 14.8. The van der Waals surface area contributed by atoms with Gasteiger partial charge in [0.25, 0.3) is 5.91 Å². The molecule has 2 saturated heterocycles. The number of amides is 1. The lowest BCUT2D eigenvalue weighted by atomic mass is 9.94. The highest BCUT2D eigenvalue weighted by atomic mass is 16.5. The molecule has 5 nitrogen and oxygen atoms in total. The van der Waals surface area contributed by atoms with Gasteiger partial charge in [0.05, 0.1) is 6.61 Å². The zero-order valence-electron chi connectivity index (χ0n) is 14.8. The minimum Gasteiger partial charge on any atom is -0.367 e. The molecule has 2 unspecified atom stereocenters. The normalized spacial score (nSPS) is 27.9. The zero-order chi connectivity index (χ0) is 17.8. The molecule has 2 heterocycles. The number of carbonyl (C=O) groups excluding carboxylic acids is 2. The molecule has 2 atom stereocenters. The number of ketones is 1. The number of nitrogens with two attached hydrogens (primary N) is 1. The van der Waals surface area contributed by atoms with Crippen LogP contribution in [0.2, 0.25) is 0 Å². The second-order valence-electron chi connectivity index (χ2n) is 7.14. The average molecular weight is 342 g/mol. The maximum absolute atomic E-state index is 12.5. The predicted octanol–water partition coefficient (Wildman–Crippen LogP) is 1.58. The van der Waals surface area contributed by atoms with Crippen molar-refractivity contribution in [1.82, 2.24) is 4.90 Å². The Labute approximate surface area is 149 Å². The molecule has 5 heteroatoms. The number of nitrogens with zero attached hydrogens (tertiary/aromatic N) is 1. The van der Waals surface area contributed by atoms with E-state index >= 15 is 0 Å². The van der Waals surface area contributed by atoms with Gasteiger partial charge in [0.1, 0.15) is 6.10 Å². The van der Waals surface area contributed by atoms with Gasteiger partial charge >= 0.3 is 0 Å². The fourth-order valence-corrected chi connectivity index (χ4v) is 3.42. The van der Waals surface area contributed by atoms with Crippen LogP contribution in [0, 0.1) is 17.8 Å². The summed E-state index contributed by atoms with van der Waals surface area (Å²) < 4.78 is 5.59. The van der Waals surface area contributed by atoms with Gasteiger partial charge in [0, 0.05) is 37.0 Å². The third-order valence-corrected chi connectivity index (χ3v) is 5.13. The largest absolute Gasteiger partial charge is 0.367 e. The molecular weight excluding hydrogens is 316 g/mol. The van der Waals surface area contributed by atoms with Gasteiger partial charge in [-0.3, -0.25) is 9.59 Å². The average Bonchev–Trinajstić information content (AvgIpc) is 2.63. The molecule has 1 amide bonds. The quantitative estimate of drug-likeness (QED) is 0.735. The van der Waals surface area contributed by atoms with Gasteiger partial charge in [-0.1, -0.05) is 17.9 Å². The number of piperidine rings is 1. The summed E-state index contributed by atoms with van der Waals surface area (Å²) in [4.78, 5) is 25.9. The van der Waals surface area contributed by atoms with Gasteiger partial charge in [-0.15, -0.1) is 0 Å². The predicted molar refractivity (Wildman–Crippen MR) is 95.5 cm³/mol. The van der Waals surface area contributed by atoms with Crippen LogP contribution in [0.5, 0.6) is 0 Å². The number of Topliss-reactive ketones (excluding diaryl/α,β-unsaturated/α-hetero) is 1. The second kappa shape index (κ2) is 7.99. The van der Waals surface area contributed by atoms with Crippen LogP contribution < -0.4 is 5.73 Å². The first-order chi connectivity index (χ1) is 12.0. The highest BCUT2D eigenvalue weighted by Crippen LogP contribution is 2.21. The summed E-state index contributed by atoms with van der Waals surface area (Å²) in [7, 11) is 0. The van der Waals surface area contributed by atoms with E-state index in [9.17, 15) is 9.59 Å². The van der Waals surface area contributed by atoms with Gasteiger partial charge in [0.2, 0.25) is 0 Å². The van der Waals surface area contributed by atoms with Gasteiger partial charge < -0.3 is 15.4 Å². The molecule has 3 rings (SSSR count). The van der Waals surface area contributed by atoms with Crippen molar-refractivity contribution in [2.24, 2.45) is 11.7 Å². The second-order valence-corrected chi connectivity index (χ2v) is 7.14. The Kier molecular flexibility index (Phi) is 5.72. The van der Waals surface area contributed by atoms with E-state index in [4.69, 9.17) is 10.5 Å². The van der Waals surface area contributed by atoms with Gasteiger partial charge in [0.15, 0.2) is 5.78 Å². The molecule has 2 N–H and O–H groups in total. The third kappa shape index (κ3) is 4.59. The molecule has 2 aliphatic heterocycles. The van der Waals surface area contributed by atoms with Crippen LogP contribution in [-0.2, 0) is 14.3 Å². The van der Waals surface area contributed by atoms with Crippen molar-refractivity contribution in [2.75, 3.05) is 19.7 Å². The molecule has 3 aliphatic rings. The van der Waals surface area contributed by atoms with Crippen molar-refractivity contribution < 1.29 is 14.3 Å². The van der Waals surface area contributed by atoms with Crippen molar-refractivity contribution in [3.8, 4) is 11.8 Å². The van der Waals surface area contributed by atoms with Crippen molar-refractivity contribution in [3.63, 3.8) is 0 Å². The van der Waals surface area contributed by atoms with Gasteiger partial charge in [-0.05, 0) is 44.3 Å². The standard InChI is InChI=1S/C20H26N2O3/c1-14-12-16(4-6-18(14)23)3-2-15-8-10-22(11-9-15)20(24)19-7-5-17(21)13-25-19/h4,12,15,17,19H,5-11,13,21H2,1H3. The Morgan fingerprint density at radius 1 is 1.28 bits per heavy atom. The Bertz CT molecular complexity index is 652. The summed E-state index contributed by atoms with van der Waals surface area (Å²) in [5.41, 5.74) is 7.52. The number of likely N-dealkylation sites (tertiary alicyclic amines) is 1. The lowest BCUT2D eigenvalue weighted by Crippen LogP contribution is -2.48. The summed E-state index contributed by atoms with van der Waals surface area (Å²) in [6.07, 6.45) is 7.24. The summed E-state index contributed by atoms with van der Waals surface area (Å²) in [5, 5.41) is 0. The maximum Gasteiger partial charge on any atom is 0.251 e. The molecule has 0 aromatic heterocycles. The van der Waals surface area contributed by atoms with E-state index in [0.29, 0.717) is 18.9 Å². The fourth-order valence-electron chi connectivity index (χ4n) is 3.42. The highest BCUT2D eigenvalue weighted by molar-refractivity contribution is 5.97. The van der Waals surface area contributed by atoms with E-state index in [0.717, 1.165) is 49.9 Å². The van der Waals surface area contributed by atoms with E-state index in [1.165, 1.54) is 0 Å². The molecular formula is C20H26N2O3. The van der Waals surface area contributed by atoms with Crippen LogP contribution in [0.3, 0.4) is 0 Å².